The van der Waals surface area contributed by atoms with Crippen molar-refractivity contribution in [2.24, 2.45) is 0 Å². The molecule has 0 saturated heterocycles. The molecule has 0 radical (unpaired) electrons. The average molecular weight is 374 g/mol. The Morgan fingerprint density at radius 1 is 1.16 bits per heavy atom. The number of nitrogens with one attached hydrogen (secondary N) is 1. The number of nitrogens with zero attached hydrogens (tertiary/aromatic N) is 2. The van der Waals surface area contributed by atoms with Crippen molar-refractivity contribution in [1.82, 2.24) is 15.1 Å². The lowest BCUT2D eigenvalue weighted by Gasteiger charge is -2.15. The van der Waals surface area contributed by atoms with E-state index in [1.807, 2.05) is 50.2 Å². The van der Waals surface area contributed by atoms with Crippen molar-refractivity contribution in [1.29, 1.82) is 0 Å². The number of hydrogen-bond acceptors (Lipinski definition) is 2. The van der Waals surface area contributed by atoms with Crippen molar-refractivity contribution in [3.8, 4) is 5.69 Å². The highest BCUT2D eigenvalue weighted by Gasteiger charge is 2.18. The van der Waals surface area contributed by atoms with Crippen LogP contribution in [0.2, 0.25) is 10.0 Å². The zero-order chi connectivity index (χ0) is 18.0. The lowest BCUT2D eigenvalue weighted by atomic mass is 10.1. The molecular weight excluding hydrogens is 357 g/mol. The third-order valence-corrected chi connectivity index (χ3v) is 4.61. The van der Waals surface area contributed by atoms with Gasteiger partial charge in [0.2, 0.25) is 0 Å². The first-order valence-electron chi connectivity index (χ1n) is 7.83. The number of carbonyl (C=O) groups is 1. The number of benzene rings is 2. The first kappa shape index (κ1) is 17.5. The fraction of sp³-hybridized carbons (Fsp3) is 0.158. The van der Waals surface area contributed by atoms with Crippen LogP contribution in [0.1, 0.15) is 34.6 Å². The largest absolute Gasteiger partial charge is 0.345 e. The van der Waals surface area contributed by atoms with Crippen molar-refractivity contribution in [3.63, 3.8) is 0 Å². The maximum atomic E-state index is 12.6. The molecule has 4 nitrogen and oxygen atoms in total. The number of amides is 1. The van der Waals surface area contributed by atoms with Gasteiger partial charge in [-0.2, -0.15) is 5.10 Å². The van der Waals surface area contributed by atoms with E-state index in [2.05, 4.69) is 10.4 Å². The average Bonchev–Trinajstić information content (AvgIpc) is 2.96. The summed E-state index contributed by atoms with van der Waals surface area (Å²) < 4.78 is 1.70. The summed E-state index contributed by atoms with van der Waals surface area (Å²) in [6, 6.07) is 14.6. The summed E-state index contributed by atoms with van der Waals surface area (Å²) in [4.78, 5) is 12.6. The van der Waals surface area contributed by atoms with Crippen LogP contribution in [-0.4, -0.2) is 15.7 Å². The van der Waals surface area contributed by atoms with Gasteiger partial charge in [0.05, 0.1) is 29.2 Å². The summed E-state index contributed by atoms with van der Waals surface area (Å²) in [7, 11) is 0. The van der Waals surface area contributed by atoms with Gasteiger partial charge in [0.25, 0.3) is 5.91 Å². The van der Waals surface area contributed by atoms with Crippen LogP contribution in [0.5, 0.6) is 0 Å². The van der Waals surface area contributed by atoms with Gasteiger partial charge in [-0.1, -0.05) is 47.5 Å². The minimum absolute atomic E-state index is 0.196. The Kier molecular flexibility index (Phi) is 5.11. The summed E-state index contributed by atoms with van der Waals surface area (Å²) in [6.45, 7) is 3.75. The molecule has 0 aliphatic heterocycles. The van der Waals surface area contributed by atoms with Gasteiger partial charge < -0.3 is 5.32 Å². The number of carbonyl (C=O) groups excluding carboxylic acids is 1. The molecule has 0 fully saturated rings. The van der Waals surface area contributed by atoms with E-state index in [4.69, 9.17) is 23.2 Å². The highest BCUT2D eigenvalue weighted by molar-refractivity contribution is 6.31. The van der Waals surface area contributed by atoms with E-state index in [1.54, 1.807) is 23.0 Å². The molecular formula is C19H17Cl2N3O. The first-order chi connectivity index (χ1) is 12.0. The Bertz CT molecular complexity index is 921. The van der Waals surface area contributed by atoms with Crippen molar-refractivity contribution in [3.05, 3.63) is 81.6 Å². The van der Waals surface area contributed by atoms with E-state index in [0.717, 1.165) is 16.9 Å². The van der Waals surface area contributed by atoms with Gasteiger partial charge in [-0.3, -0.25) is 4.79 Å². The molecule has 0 spiro atoms. The second-order valence-corrected chi connectivity index (χ2v) is 6.60. The molecule has 1 unspecified atom stereocenters. The van der Waals surface area contributed by atoms with Gasteiger partial charge in [-0.25, -0.2) is 4.68 Å². The topological polar surface area (TPSA) is 46.9 Å². The zero-order valence-corrected chi connectivity index (χ0v) is 15.3. The normalized spacial score (nSPS) is 12.0. The van der Waals surface area contributed by atoms with Crippen LogP contribution in [0.3, 0.4) is 0 Å². The quantitative estimate of drug-likeness (QED) is 0.700. The van der Waals surface area contributed by atoms with Crippen LogP contribution in [0, 0.1) is 6.92 Å². The van der Waals surface area contributed by atoms with Crippen LogP contribution >= 0.6 is 23.2 Å². The molecule has 6 heteroatoms. The van der Waals surface area contributed by atoms with Gasteiger partial charge in [0, 0.05) is 10.0 Å². The van der Waals surface area contributed by atoms with Crippen LogP contribution < -0.4 is 5.32 Å². The fourth-order valence-corrected chi connectivity index (χ4v) is 3.16. The molecule has 0 aliphatic rings. The molecule has 1 N–H and O–H groups in total. The Morgan fingerprint density at radius 3 is 2.64 bits per heavy atom. The first-order valence-corrected chi connectivity index (χ1v) is 8.59. The van der Waals surface area contributed by atoms with Crippen molar-refractivity contribution in [2.45, 2.75) is 19.9 Å². The number of aromatic nitrogens is 2. The second kappa shape index (κ2) is 7.30. The Morgan fingerprint density at radius 2 is 1.92 bits per heavy atom. The van der Waals surface area contributed by atoms with Crippen LogP contribution in [0.25, 0.3) is 5.69 Å². The molecule has 0 saturated carbocycles. The predicted molar refractivity (Wildman–Crippen MR) is 101 cm³/mol. The molecule has 3 rings (SSSR count). The molecule has 1 amide bonds. The zero-order valence-electron chi connectivity index (χ0n) is 13.8. The summed E-state index contributed by atoms with van der Waals surface area (Å²) in [5.74, 6) is -0.196. The molecule has 1 aromatic heterocycles. The third-order valence-electron chi connectivity index (χ3n) is 4.03. The number of halogens is 2. The molecule has 1 atom stereocenters. The van der Waals surface area contributed by atoms with Crippen LogP contribution in [-0.2, 0) is 0 Å². The van der Waals surface area contributed by atoms with Gasteiger partial charge in [0.1, 0.15) is 0 Å². The molecule has 0 aliphatic carbocycles. The second-order valence-electron chi connectivity index (χ2n) is 5.75. The molecule has 25 heavy (non-hydrogen) atoms. The van der Waals surface area contributed by atoms with E-state index >= 15 is 0 Å². The van der Waals surface area contributed by atoms with Crippen molar-refractivity contribution in [2.75, 3.05) is 0 Å². The van der Waals surface area contributed by atoms with Gasteiger partial charge in [-0.05, 0) is 43.7 Å². The van der Waals surface area contributed by atoms with Crippen molar-refractivity contribution >= 4 is 29.1 Å². The van der Waals surface area contributed by atoms with Gasteiger partial charge >= 0.3 is 0 Å². The Hall–Kier alpha value is -2.30. The standard InChI is InChI=1S/C19H17Cl2N3O/c1-12(16-8-3-4-9-18(16)21)23-19(25)17-11-22-24(13(17)2)15-7-5-6-14(20)10-15/h3-12H,1-2H3,(H,23,25). The highest BCUT2D eigenvalue weighted by atomic mass is 35.5. The predicted octanol–water partition coefficient (Wildman–Crippen LogP) is 4.98. The van der Waals surface area contributed by atoms with E-state index in [0.29, 0.717) is 15.6 Å². The summed E-state index contributed by atoms with van der Waals surface area (Å²) in [5.41, 5.74) is 2.94. The molecule has 1 heterocycles. The lowest BCUT2D eigenvalue weighted by molar-refractivity contribution is 0.0939. The Balaban J connectivity index is 1.83. The molecule has 128 valence electrons. The fourth-order valence-electron chi connectivity index (χ4n) is 2.68. The number of rotatable bonds is 4. The van der Waals surface area contributed by atoms with Crippen molar-refractivity contribution < 1.29 is 4.79 Å². The van der Waals surface area contributed by atoms with Gasteiger partial charge in [-0.15, -0.1) is 0 Å². The number of hydrogen-bond donors (Lipinski definition) is 1. The van der Waals surface area contributed by atoms with E-state index in [9.17, 15) is 4.79 Å². The summed E-state index contributed by atoms with van der Waals surface area (Å²) in [5, 5.41) is 8.53. The minimum Gasteiger partial charge on any atom is -0.345 e. The Labute approximate surface area is 156 Å². The van der Waals surface area contributed by atoms with E-state index < -0.39 is 0 Å². The van der Waals surface area contributed by atoms with Gasteiger partial charge in [0.15, 0.2) is 0 Å². The molecule has 3 aromatic rings. The lowest BCUT2D eigenvalue weighted by Crippen LogP contribution is -2.27. The highest BCUT2D eigenvalue weighted by Crippen LogP contribution is 2.23. The minimum atomic E-state index is -0.213. The van der Waals surface area contributed by atoms with Crippen LogP contribution in [0.4, 0.5) is 0 Å². The van der Waals surface area contributed by atoms with E-state index in [-0.39, 0.29) is 11.9 Å². The maximum absolute atomic E-state index is 12.6. The third kappa shape index (κ3) is 3.70. The monoisotopic (exact) mass is 373 g/mol. The molecule has 2 aromatic carbocycles. The molecule has 0 bridgehead atoms. The summed E-state index contributed by atoms with van der Waals surface area (Å²) in [6.07, 6.45) is 1.56. The maximum Gasteiger partial charge on any atom is 0.255 e. The smallest absolute Gasteiger partial charge is 0.255 e. The summed E-state index contributed by atoms with van der Waals surface area (Å²) >= 11 is 12.2. The van der Waals surface area contributed by atoms with E-state index in [1.165, 1.54) is 0 Å². The van der Waals surface area contributed by atoms with Crippen LogP contribution in [0.15, 0.2) is 54.7 Å². The SMILES string of the molecule is Cc1c(C(=O)NC(C)c2ccccc2Cl)cnn1-c1cccc(Cl)c1.